The number of rotatable bonds is 5. The van der Waals surface area contributed by atoms with Crippen LogP contribution in [0.4, 0.5) is 0 Å². The van der Waals surface area contributed by atoms with E-state index in [4.69, 9.17) is 0 Å². The maximum absolute atomic E-state index is 10.5. The van der Waals surface area contributed by atoms with Crippen molar-refractivity contribution in [2.45, 2.75) is 32.6 Å². The Hall–Kier alpha value is -1.11. The fourth-order valence-corrected chi connectivity index (χ4v) is 1.40. The Labute approximate surface area is 79.8 Å². The molecule has 1 nitrogen and oxygen atoms in total. The average molecular weight is 176 g/mol. The standard InChI is InChI=1S/C12H16O/c1-2-3-4-6-11-7-5-8-12(9-11)10-13/h5,7-10H,2-4,6H2,1H3. The van der Waals surface area contributed by atoms with Crippen LogP contribution < -0.4 is 0 Å². The fourth-order valence-electron chi connectivity index (χ4n) is 1.40. The van der Waals surface area contributed by atoms with Crippen molar-refractivity contribution < 1.29 is 4.79 Å². The first-order chi connectivity index (χ1) is 6.36. The molecule has 0 fully saturated rings. The number of hydrogen-bond acceptors (Lipinski definition) is 1. The predicted molar refractivity (Wildman–Crippen MR) is 55.1 cm³/mol. The van der Waals surface area contributed by atoms with Gasteiger partial charge in [0.1, 0.15) is 6.29 Å². The number of aldehydes is 1. The molecule has 0 aliphatic carbocycles. The van der Waals surface area contributed by atoms with Gasteiger partial charge in [-0.15, -0.1) is 0 Å². The van der Waals surface area contributed by atoms with E-state index in [1.165, 1.54) is 24.8 Å². The number of hydrogen-bond donors (Lipinski definition) is 0. The van der Waals surface area contributed by atoms with E-state index in [-0.39, 0.29) is 0 Å². The number of carbonyl (C=O) groups excluding carboxylic acids is 1. The second-order valence-electron chi connectivity index (χ2n) is 3.32. The number of aryl methyl sites for hydroxylation is 1. The summed E-state index contributed by atoms with van der Waals surface area (Å²) < 4.78 is 0. The van der Waals surface area contributed by atoms with Crippen molar-refractivity contribution in [2.75, 3.05) is 0 Å². The molecule has 1 aromatic rings. The maximum Gasteiger partial charge on any atom is 0.150 e. The summed E-state index contributed by atoms with van der Waals surface area (Å²) in [5, 5.41) is 0. The quantitative estimate of drug-likeness (QED) is 0.497. The summed E-state index contributed by atoms with van der Waals surface area (Å²) >= 11 is 0. The first kappa shape index (κ1) is 9.97. The Morgan fingerprint density at radius 1 is 1.31 bits per heavy atom. The second-order valence-corrected chi connectivity index (χ2v) is 3.32. The summed E-state index contributed by atoms with van der Waals surface area (Å²) in [6, 6.07) is 7.85. The third-order valence-corrected chi connectivity index (χ3v) is 2.16. The molecular weight excluding hydrogens is 160 g/mol. The molecule has 0 bridgehead atoms. The molecule has 0 saturated carbocycles. The van der Waals surface area contributed by atoms with Gasteiger partial charge in [-0.05, 0) is 24.5 Å². The first-order valence-electron chi connectivity index (χ1n) is 4.91. The van der Waals surface area contributed by atoms with E-state index in [2.05, 4.69) is 13.0 Å². The molecule has 1 rings (SSSR count). The highest BCUT2D eigenvalue weighted by molar-refractivity contribution is 5.74. The van der Waals surface area contributed by atoms with Crippen molar-refractivity contribution in [1.82, 2.24) is 0 Å². The summed E-state index contributed by atoms with van der Waals surface area (Å²) in [5.41, 5.74) is 2.06. The van der Waals surface area contributed by atoms with E-state index in [0.29, 0.717) is 0 Å². The van der Waals surface area contributed by atoms with Crippen LogP contribution in [-0.4, -0.2) is 6.29 Å². The molecule has 0 radical (unpaired) electrons. The van der Waals surface area contributed by atoms with Crippen molar-refractivity contribution in [2.24, 2.45) is 0 Å². The normalized spacial score (nSPS) is 9.92. The monoisotopic (exact) mass is 176 g/mol. The maximum atomic E-state index is 10.5. The molecule has 13 heavy (non-hydrogen) atoms. The highest BCUT2D eigenvalue weighted by Gasteiger charge is 1.94. The summed E-state index contributed by atoms with van der Waals surface area (Å²) in [4.78, 5) is 10.5. The van der Waals surface area contributed by atoms with Gasteiger partial charge in [0.15, 0.2) is 0 Å². The summed E-state index contributed by atoms with van der Waals surface area (Å²) in [7, 11) is 0. The van der Waals surface area contributed by atoms with Gasteiger partial charge in [0, 0.05) is 5.56 Å². The fraction of sp³-hybridized carbons (Fsp3) is 0.417. The van der Waals surface area contributed by atoms with Crippen LogP contribution in [0, 0.1) is 0 Å². The van der Waals surface area contributed by atoms with E-state index in [9.17, 15) is 4.79 Å². The highest BCUT2D eigenvalue weighted by Crippen LogP contribution is 2.08. The highest BCUT2D eigenvalue weighted by atomic mass is 16.1. The molecule has 0 aliphatic heterocycles. The average Bonchev–Trinajstić information content (AvgIpc) is 2.19. The van der Waals surface area contributed by atoms with Crippen LogP contribution in [-0.2, 0) is 6.42 Å². The molecule has 0 aromatic heterocycles. The van der Waals surface area contributed by atoms with E-state index < -0.39 is 0 Å². The van der Waals surface area contributed by atoms with E-state index in [1.807, 2.05) is 18.2 Å². The largest absolute Gasteiger partial charge is 0.298 e. The molecule has 70 valence electrons. The predicted octanol–water partition coefficient (Wildman–Crippen LogP) is 3.23. The lowest BCUT2D eigenvalue weighted by molar-refractivity contribution is 0.112. The molecule has 0 heterocycles. The smallest absolute Gasteiger partial charge is 0.150 e. The Morgan fingerprint density at radius 2 is 2.15 bits per heavy atom. The zero-order valence-electron chi connectivity index (χ0n) is 8.12. The van der Waals surface area contributed by atoms with Gasteiger partial charge in [0.2, 0.25) is 0 Å². The van der Waals surface area contributed by atoms with Crippen LogP contribution in [0.25, 0.3) is 0 Å². The van der Waals surface area contributed by atoms with E-state index >= 15 is 0 Å². The van der Waals surface area contributed by atoms with Gasteiger partial charge in [0.05, 0.1) is 0 Å². The Balaban J connectivity index is 2.51. The SMILES string of the molecule is CCCCCc1cccc(C=O)c1. The lowest BCUT2D eigenvalue weighted by Gasteiger charge is -2.00. The third kappa shape index (κ3) is 3.41. The van der Waals surface area contributed by atoms with Crippen LogP contribution in [0.1, 0.15) is 42.1 Å². The van der Waals surface area contributed by atoms with Crippen LogP contribution in [0.15, 0.2) is 24.3 Å². The molecule has 0 aliphatic rings. The minimum absolute atomic E-state index is 0.786. The van der Waals surface area contributed by atoms with Crippen LogP contribution in [0.2, 0.25) is 0 Å². The van der Waals surface area contributed by atoms with E-state index in [1.54, 1.807) is 0 Å². The van der Waals surface area contributed by atoms with Crippen LogP contribution >= 0.6 is 0 Å². The Kier molecular flexibility index (Phi) is 4.24. The molecule has 0 saturated heterocycles. The molecule has 0 unspecified atom stereocenters. The minimum Gasteiger partial charge on any atom is -0.298 e. The van der Waals surface area contributed by atoms with Crippen molar-refractivity contribution in [3.63, 3.8) is 0 Å². The topological polar surface area (TPSA) is 17.1 Å². The number of carbonyl (C=O) groups is 1. The summed E-state index contributed by atoms with van der Waals surface area (Å²) in [6.07, 6.45) is 5.73. The van der Waals surface area contributed by atoms with Crippen LogP contribution in [0.5, 0.6) is 0 Å². The molecular formula is C12H16O. The lowest BCUT2D eigenvalue weighted by atomic mass is 10.1. The Morgan fingerprint density at radius 3 is 2.85 bits per heavy atom. The molecule has 0 atom stereocenters. The zero-order chi connectivity index (χ0) is 9.52. The molecule has 1 heteroatoms. The van der Waals surface area contributed by atoms with Crippen LogP contribution in [0.3, 0.4) is 0 Å². The van der Waals surface area contributed by atoms with Crippen molar-refractivity contribution >= 4 is 6.29 Å². The van der Waals surface area contributed by atoms with Gasteiger partial charge >= 0.3 is 0 Å². The van der Waals surface area contributed by atoms with Gasteiger partial charge in [0.25, 0.3) is 0 Å². The molecule has 0 N–H and O–H groups in total. The third-order valence-electron chi connectivity index (χ3n) is 2.16. The first-order valence-corrected chi connectivity index (χ1v) is 4.91. The number of unbranched alkanes of at least 4 members (excludes halogenated alkanes) is 2. The summed E-state index contributed by atoms with van der Waals surface area (Å²) in [6.45, 7) is 2.20. The van der Waals surface area contributed by atoms with Crippen molar-refractivity contribution in [1.29, 1.82) is 0 Å². The molecule has 0 amide bonds. The molecule has 0 spiro atoms. The van der Waals surface area contributed by atoms with Crippen molar-refractivity contribution in [3.8, 4) is 0 Å². The van der Waals surface area contributed by atoms with Gasteiger partial charge in [-0.25, -0.2) is 0 Å². The van der Waals surface area contributed by atoms with Crippen molar-refractivity contribution in [3.05, 3.63) is 35.4 Å². The minimum atomic E-state index is 0.786. The zero-order valence-corrected chi connectivity index (χ0v) is 8.12. The van der Waals surface area contributed by atoms with Gasteiger partial charge in [-0.2, -0.15) is 0 Å². The Bertz CT molecular complexity index is 266. The lowest BCUT2D eigenvalue weighted by Crippen LogP contribution is -1.87. The van der Waals surface area contributed by atoms with Gasteiger partial charge < -0.3 is 0 Å². The molecule has 1 aromatic carbocycles. The second kappa shape index (κ2) is 5.52. The van der Waals surface area contributed by atoms with E-state index in [0.717, 1.165) is 18.3 Å². The van der Waals surface area contributed by atoms with Gasteiger partial charge in [-0.1, -0.05) is 38.0 Å². The number of benzene rings is 1. The summed E-state index contributed by atoms with van der Waals surface area (Å²) in [5.74, 6) is 0. The van der Waals surface area contributed by atoms with Gasteiger partial charge in [-0.3, -0.25) is 4.79 Å².